The van der Waals surface area contributed by atoms with Gasteiger partial charge in [0.15, 0.2) is 0 Å². The third-order valence-corrected chi connectivity index (χ3v) is 16.1. The molecule has 10 heteroatoms. The average Bonchev–Trinajstić information content (AvgIpc) is 4.37. The predicted octanol–water partition coefficient (Wildman–Crippen LogP) is 12.3. The lowest BCUT2D eigenvalue weighted by atomic mass is 9.63. The minimum absolute atomic E-state index is 0.0455. The molecule has 72 heavy (non-hydrogen) atoms. The average molecular weight is 971 g/mol. The van der Waals surface area contributed by atoms with Crippen molar-refractivity contribution in [2.24, 2.45) is 0 Å². The van der Waals surface area contributed by atoms with Crippen molar-refractivity contribution in [3.8, 4) is 34.5 Å². The first-order valence-corrected chi connectivity index (χ1v) is 25.7. The maximum absolute atomic E-state index is 6.52. The number of rotatable bonds is 15. The maximum Gasteiger partial charge on any atom is 0.202 e. The molecule has 6 aliphatic heterocycles. The van der Waals surface area contributed by atoms with Crippen molar-refractivity contribution in [1.29, 1.82) is 0 Å². The van der Waals surface area contributed by atoms with Gasteiger partial charge in [-0.15, -0.1) is 0 Å². The third kappa shape index (κ3) is 7.63. The third-order valence-electron chi connectivity index (χ3n) is 14.9. The normalized spacial score (nSPS) is 23.2. The predicted molar refractivity (Wildman–Crippen MR) is 272 cm³/mol. The number of epoxide rings is 2. The van der Waals surface area contributed by atoms with E-state index in [0.29, 0.717) is 13.2 Å². The fourth-order valence-electron chi connectivity index (χ4n) is 11.2. The summed E-state index contributed by atoms with van der Waals surface area (Å²) in [5, 5.41) is 0. The molecular formula is C62H50O9S. The van der Waals surface area contributed by atoms with Gasteiger partial charge in [-0.1, -0.05) is 133 Å². The first kappa shape index (κ1) is 43.7. The summed E-state index contributed by atoms with van der Waals surface area (Å²) < 4.78 is 54.8. The molecule has 0 N–H and O–H groups in total. The Kier molecular flexibility index (Phi) is 10.9. The molecule has 6 unspecified atom stereocenters. The minimum Gasteiger partial charge on any atom is -0.491 e. The van der Waals surface area contributed by atoms with E-state index in [4.69, 9.17) is 42.6 Å². The molecule has 358 valence electrons. The molecule has 0 saturated carbocycles. The van der Waals surface area contributed by atoms with Gasteiger partial charge in [-0.3, -0.25) is 0 Å². The number of hydrogen-bond acceptors (Lipinski definition) is 10. The summed E-state index contributed by atoms with van der Waals surface area (Å²) in [6, 6.07) is 68.1. The quantitative estimate of drug-likeness (QED) is 0.0925. The molecule has 14 rings (SSSR count). The summed E-state index contributed by atoms with van der Waals surface area (Å²) in [6.45, 7) is 2.48. The second-order valence-corrected chi connectivity index (χ2v) is 20.3. The topological polar surface area (TPSA) is 89.7 Å². The number of fused-ring (bicyclic) bond motifs is 4. The Hall–Kier alpha value is -7.05. The van der Waals surface area contributed by atoms with Crippen molar-refractivity contribution in [3.05, 3.63) is 239 Å². The summed E-state index contributed by atoms with van der Waals surface area (Å²) in [5.74, 6) is 4.79. The molecular weight excluding hydrogens is 921 g/mol. The first-order valence-electron chi connectivity index (χ1n) is 24.9. The fourth-order valence-corrected chi connectivity index (χ4v) is 12.3. The molecule has 8 aromatic rings. The van der Waals surface area contributed by atoms with Gasteiger partial charge in [-0.05, 0) is 106 Å². The van der Waals surface area contributed by atoms with Crippen LogP contribution in [0.4, 0.5) is 0 Å². The smallest absolute Gasteiger partial charge is 0.202 e. The van der Waals surface area contributed by atoms with Gasteiger partial charge in [0.1, 0.15) is 66.0 Å². The molecule has 4 saturated heterocycles. The molecule has 6 heterocycles. The zero-order chi connectivity index (χ0) is 47.6. The Labute approximate surface area is 422 Å². The van der Waals surface area contributed by atoms with Crippen LogP contribution in [0.2, 0.25) is 0 Å². The van der Waals surface area contributed by atoms with E-state index < -0.39 is 10.8 Å². The lowest BCUT2D eigenvalue weighted by Crippen LogP contribution is -2.45. The van der Waals surface area contributed by atoms with Crippen molar-refractivity contribution in [2.75, 3.05) is 26.4 Å². The molecule has 0 aliphatic carbocycles. The second-order valence-electron chi connectivity index (χ2n) is 19.2. The molecule has 6 atom stereocenters. The van der Waals surface area contributed by atoms with Crippen molar-refractivity contribution in [2.45, 2.75) is 70.5 Å². The standard InChI is InChI=1S/C62H50O9S/c1-5-13-52-48(9-1)61(49-10-2-6-14-53(49)69-52,40-21-29-45(30-22-40)67-58-33-34-63-58)39-17-27-44(28-18-39)66-38-55-60(71-55)54-35-59(70-54)68-46-31-23-42(24-32-46)62(41-19-25-43(26-20-41)64-36-47-37-65-47)50-11-3-7-15-56(50)72-57-16-8-4-12-51(57)62/h1-32,47,54-55,58-60H,33-38H2. The number of para-hydroxylation sites is 2. The Morgan fingerprint density at radius 1 is 0.458 bits per heavy atom. The lowest BCUT2D eigenvalue weighted by Gasteiger charge is -2.42. The molecule has 8 aromatic carbocycles. The van der Waals surface area contributed by atoms with E-state index in [1.165, 1.54) is 26.5 Å². The van der Waals surface area contributed by atoms with Crippen molar-refractivity contribution in [3.63, 3.8) is 0 Å². The van der Waals surface area contributed by atoms with Crippen LogP contribution in [-0.4, -0.2) is 63.4 Å². The van der Waals surface area contributed by atoms with E-state index in [0.717, 1.165) is 88.4 Å². The van der Waals surface area contributed by atoms with Crippen molar-refractivity contribution in [1.82, 2.24) is 0 Å². The van der Waals surface area contributed by atoms with E-state index in [9.17, 15) is 0 Å². The van der Waals surface area contributed by atoms with E-state index in [1.54, 1.807) is 0 Å². The van der Waals surface area contributed by atoms with Crippen LogP contribution in [-0.2, 0) is 29.8 Å². The molecule has 9 nitrogen and oxygen atoms in total. The highest BCUT2D eigenvalue weighted by molar-refractivity contribution is 7.99. The monoisotopic (exact) mass is 970 g/mol. The fraction of sp³-hybridized carbons (Fsp3) is 0.226. The summed E-state index contributed by atoms with van der Waals surface area (Å²) in [4.78, 5) is 2.48. The molecule has 6 aliphatic rings. The highest BCUT2D eigenvalue weighted by Crippen LogP contribution is 2.57. The molecule has 0 amide bonds. The van der Waals surface area contributed by atoms with Gasteiger partial charge in [0.05, 0.1) is 30.1 Å². The van der Waals surface area contributed by atoms with Gasteiger partial charge >= 0.3 is 0 Å². The second kappa shape index (κ2) is 17.9. The van der Waals surface area contributed by atoms with E-state index in [1.807, 2.05) is 48.2 Å². The number of hydrogen-bond donors (Lipinski definition) is 0. The Morgan fingerprint density at radius 2 is 0.889 bits per heavy atom. The van der Waals surface area contributed by atoms with Gasteiger partial charge in [0, 0.05) is 33.8 Å². The highest BCUT2D eigenvalue weighted by Gasteiger charge is 2.52. The van der Waals surface area contributed by atoms with Gasteiger partial charge < -0.3 is 42.6 Å². The van der Waals surface area contributed by atoms with Crippen LogP contribution in [0.3, 0.4) is 0 Å². The largest absolute Gasteiger partial charge is 0.491 e. The van der Waals surface area contributed by atoms with Crippen LogP contribution in [0.15, 0.2) is 204 Å². The van der Waals surface area contributed by atoms with Crippen LogP contribution in [0, 0.1) is 0 Å². The van der Waals surface area contributed by atoms with Gasteiger partial charge in [-0.25, -0.2) is 0 Å². The van der Waals surface area contributed by atoms with Crippen LogP contribution in [0.5, 0.6) is 34.5 Å². The van der Waals surface area contributed by atoms with Gasteiger partial charge in [0.25, 0.3) is 0 Å². The zero-order valence-electron chi connectivity index (χ0n) is 39.3. The lowest BCUT2D eigenvalue weighted by molar-refractivity contribution is -0.222. The van der Waals surface area contributed by atoms with Crippen LogP contribution >= 0.6 is 11.8 Å². The Bertz CT molecular complexity index is 3160. The summed E-state index contributed by atoms with van der Waals surface area (Å²) in [6.07, 6.45) is 1.10. The van der Waals surface area contributed by atoms with Gasteiger partial charge in [-0.2, -0.15) is 0 Å². The van der Waals surface area contributed by atoms with E-state index >= 15 is 0 Å². The molecule has 0 bridgehead atoms. The Balaban J connectivity index is 0.650. The van der Waals surface area contributed by atoms with Gasteiger partial charge in [0.2, 0.25) is 12.6 Å². The van der Waals surface area contributed by atoms with E-state index in [2.05, 4.69) is 158 Å². The van der Waals surface area contributed by atoms with Crippen molar-refractivity contribution >= 4 is 11.8 Å². The first-order chi connectivity index (χ1) is 35.6. The Morgan fingerprint density at radius 3 is 1.38 bits per heavy atom. The highest BCUT2D eigenvalue weighted by atomic mass is 32.2. The molecule has 4 fully saturated rings. The molecule has 0 aromatic heterocycles. The molecule has 0 radical (unpaired) electrons. The number of ether oxygens (including phenoxy) is 9. The SMILES string of the molecule is c1ccc2c(c1)Oc1ccccc1C2(c1ccc(OCC2OC2C2CC(Oc3ccc(C4(c5ccc(OCC6CO6)cc5)c5ccccc5Sc5ccccc54)cc3)O2)cc1)c1ccc(OC2CCO2)cc1. The van der Waals surface area contributed by atoms with Crippen molar-refractivity contribution < 1.29 is 42.6 Å². The summed E-state index contributed by atoms with van der Waals surface area (Å²) >= 11 is 1.82. The summed E-state index contributed by atoms with van der Waals surface area (Å²) in [7, 11) is 0. The zero-order valence-corrected chi connectivity index (χ0v) is 40.1. The maximum atomic E-state index is 6.52. The van der Waals surface area contributed by atoms with Crippen LogP contribution in [0.1, 0.15) is 57.3 Å². The summed E-state index contributed by atoms with van der Waals surface area (Å²) in [5.41, 5.74) is 7.92. The van der Waals surface area contributed by atoms with Crippen LogP contribution < -0.4 is 23.7 Å². The number of benzene rings is 8. The molecule has 0 spiro atoms. The van der Waals surface area contributed by atoms with Crippen LogP contribution in [0.25, 0.3) is 0 Å². The van der Waals surface area contributed by atoms with E-state index in [-0.39, 0.29) is 37.0 Å². The minimum atomic E-state index is -0.661.